The van der Waals surface area contributed by atoms with E-state index in [1.165, 1.54) is 35.2 Å². The fourth-order valence-corrected chi connectivity index (χ4v) is 3.95. The van der Waals surface area contributed by atoms with Crippen LogP contribution >= 0.6 is 11.3 Å². The number of aromatic nitrogens is 1. The molecule has 100 valence electrons. The van der Waals surface area contributed by atoms with Crippen molar-refractivity contribution in [2.45, 2.75) is 25.4 Å². The van der Waals surface area contributed by atoms with E-state index in [1.54, 1.807) is 0 Å². The lowest BCUT2D eigenvalue weighted by molar-refractivity contribution is 0.114. The highest BCUT2D eigenvalue weighted by Crippen LogP contribution is 2.23. The predicted molar refractivity (Wildman–Crippen MR) is 75.1 cm³/mol. The normalized spacial score (nSPS) is 26.2. The second-order valence-corrected chi connectivity index (χ2v) is 6.67. The van der Waals surface area contributed by atoms with Gasteiger partial charge in [0, 0.05) is 56.5 Å². The first-order valence-electron chi connectivity index (χ1n) is 6.79. The van der Waals surface area contributed by atoms with Gasteiger partial charge in [0.15, 0.2) is 0 Å². The van der Waals surface area contributed by atoms with Crippen molar-refractivity contribution >= 4 is 11.3 Å². The Bertz CT molecular complexity index is 394. The van der Waals surface area contributed by atoms with E-state index in [1.807, 2.05) is 11.3 Å². The molecule has 1 aromatic rings. The van der Waals surface area contributed by atoms with Gasteiger partial charge in [0.1, 0.15) is 0 Å². The third-order valence-electron chi connectivity index (χ3n) is 4.04. The summed E-state index contributed by atoms with van der Waals surface area (Å²) in [6.45, 7) is 5.63. The molecule has 0 spiro atoms. The molecule has 1 unspecified atom stereocenters. The molecular weight excluding hydrogens is 244 g/mol. The first-order valence-corrected chi connectivity index (χ1v) is 7.61. The zero-order valence-electron chi connectivity index (χ0n) is 11.3. The summed E-state index contributed by atoms with van der Waals surface area (Å²) in [5, 5.41) is 4.75. The van der Waals surface area contributed by atoms with E-state index < -0.39 is 0 Å². The summed E-state index contributed by atoms with van der Waals surface area (Å²) in [5.41, 5.74) is 1.35. The van der Waals surface area contributed by atoms with E-state index in [0.29, 0.717) is 6.04 Å². The zero-order valence-corrected chi connectivity index (χ0v) is 12.1. The van der Waals surface area contributed by atoms with Crippen LogP contribution in [-0.4, -0.2) is 61.1 Å². The molecule has 1 fully saturated rings. The first-order chi connectivity index (χ1) is 8.72. The van der Waals surface area contributed by atoms with Crippen molar-refractivity contribution in [1.82, 2.24) is 20.1 Å². The summed E-state index contributed by atoms with van der Waals surface area (Å²) >= 11 is 1.91. The van der Waals surface area contributed by atoms with Gasteiger partial charge in [-0.25, -0.2) is 4.98 Å². The van der Waals surface area contributed by atoms with E-state index in [4.69, 9.17) is 4.98 Å². The number of hydrogen-bond acceptors (Lipinski definition) is 5. The van der Waals surface area contributed by atoms with Crippen LogP contribution in [0, 0.1) is 0 Å². The summed E-state index contributed by atoms with van der Waals surface area (Å²) in [7, 11) is 4.46. The molecule has 18 heavy (non-hydrogen) atoms. The van der Waals surface area contributed by atoms with Crippen molar-refractivity contribution in [3.8, 4) is 0 Å². The van der Waals surface area contributed by atoms with Crippen LogP contribution in [0.25, 0.3) is 0 Å². The Hall–Kier alpha value is -0.490. The van der Waals surface area contributed by atoms with Crippen LogP contribution in [0.3, 0.4) is 0 Å². The Balaban J connectivity index is 1.69. The van der Waals surface area contributed by atoms with Crippen molar-refractivity contribution < 1.29 is 0 Å². The van der Waals surface area contributed by atoms with Gasteiger partial charge in [0.05, 0.1) is 10.7 Å². The quantitative estimate of drug-likeness (QED) is 0.848. The molecule has 0 bridgehead atoms. The maximum absolute atomic E-state index is 4.84. The molecule has 1 aromatic heterocycles. The lowest BCUT2D eigenvalue weighted by Gasteiger charge is -2.37. The van der Waals surface area contributed by atoms with E-state index in [2.05, 4.69) is 29.2 Å². The van der Waals surface area contributed by atoms with E-state index in [9.17, 15) is 0 Å². The Morgan fingerprint density at radius 2 is 2.28 bits per heavy atom. The van der Waals surface area contributed by atoms with Crippen molar-refractivity contribution in [3.63, 3.8) is 0 Å². The number of thiazole rings is 1. The van der Waals surface area contributed by atoms with Crippen LogP contribution in [-0.2, 0) is 19.4 Å². The van der Waals surface area contributed by atoms with Crippen LogP contribution < -0.4 is 5.32 Å². The maximum atomic E-state index is 4.84. The van der Waals surface area contributed by atoms with Crippen molar-refractivity contribution in [1.29, 1.82) is 0 Å². The number of piperazine rings is 1. The van der Waals surface area contributed by atoms with Crippen LogP contribution in [0.2, 0.25) is 0 Å². The summed E-state index contributed by atoms with van der Waals surface area (Å²) in [4.78, 5) is 11.2. The molecule has 1 N–H and O–H groups in total. The highest BCUT2D eigenvalue weighted by atomic mass is 32.1. The number of likely N-dealkylation sites (N-methyl/N-ethyl adjacent to an activating group) is 2. The summed E-state index contributed by atoms with van der Waals surface area (Å²) in [6.07, 6.45) is 2.21. The monoisotopic (exact) mass is 266 g/mol. The standard InChI is InChI=1S/C13H22N4S/c1-16-5-6-17(2)10(9-16)7-13-15-11-3-4-14-8-12(11)18-13/h10,14H,3-9H2,1-2H3. The Morgan fingerprint density at radius 1 is 1.39 bits per heavy atom. The van der Waals surface area contributed by atoms with Gasteiger partial charge in [-0.1, -0.05) is 0 Å². The number of nitrogens with one attached hydrogen (secondary N) is 1. The van der Waals surface area contributed by atoms with E-state index in [-0.39, 0.29) is 0 Å². The molecule has 2 aliphatic rings. The average molecular weight is 266 g/mol. The van der Waals surface area contributed by atoms with Crippen molar-refractivity contribution in [2.75, 3.05) is 40.3 Å². The van der Waals surface area contributed by atoms with Crippen LogP contribution in [0.4, 0.5) is 0 Å². The predicted octanol–water partition coefficient (Wildman–Crippen LogP) is 0.577. The average Bonchev–Trinajstić information content (AvgIpc) is 2.76. The SMILES string of the molecule is CN1CCN(C)C(Cc2nc3c(s2)CNCC3)C1. The molecule has 1 atom stereocenters. The number of rotatable bonds is 2. The Morgan fingerprint density at radius 3 is 3.11 bits per heavy atom. The van der Waals surface area contributed by atoms with Crippen molar-refractivity contribution in [3.05, 3.63) is 15.6 Å². The van der Waals surface area contributed by atoms with Crippen LogP contribution in [0.1, 0.15) is 15.6 Å². The topological polar surface area (TPSA) is 31.4 Å². The molecule has 0 aromatic carbocycles. The summed E-state index contributed by atoms with van der Waals surface area (Å²) in [6, 6.07) is 0.629. The third-order valence-corrected chi connectivity index (χ3v) is 5.16. The van der Waals surface area contributed by atoms with Gasteiger partial charge in [0.25, 0.3) is 0 Å². The maximum Gasteiger partial charge on any atom is 0.0947 e. The molecule has 2 aliphatic heterocycles. The lowest BCUT2D eigenvalue weighted by atomic mass is 10.1. The fourth-order valence-electron chi connectivity index (χ4n) is 2.79. The number of fused-ring (bicyclic) bond motifs is 1. The third kappa shape index (κ3) is 2.59. The Kier molecular flexibility index (Phi) is 3.66. The smallest absolute Gasteiger partial charge is 0.0947 e. The first kappa shape index (κ1) is 12.5. The molecule has 0 aliphatic carbocycles. The van der Waals surface area contributed by atoms with Gasteiger partial charge in [-0.3, -0.25) is 0 Å². The van der Waals surface area contributed by atoms with Crippen LogP contribution in [0.5, 0.6) is 0 Å². The Labute approximate surface area is 113 Å². The molecule has 3 rings (SSSR count). The highest BCUT2D eigenvalue weighted by Gasteiger charge is 2.24. The molecule has 5 heteroatoms. The molecule has 4 nitrogen and oxygen atoms in total. The second kappa shape index (κ2) is 5.25. The molecule has 0 radical (unpaired) electrons. The molecular formula is C13H22N4S. The van der Waals surface area contributed by atoms with E-state index >= 15 is 0 Å². The van der Waals surface area contributed by atoms with Gasteiger partial charge >= 0.3 is 0 Å². The second-order valence-electron chi connectivity index (χ2n) is 5.51. The lowest BCUT2D eigenvalue weighted by Crippen LogP contribution is -2.50. The van der Waals surface area contributed by atoms with Gasteiger partial charge < -0.3 is 15.1 Å². The van der Waals surface area contributed by atoms with Gasteiger partial charge in [-0.15, -0.1) is 11.3 Å². The summed E-state index contributed by atoms with van der Waals surface area (Å²) < 4.78 is 0. The van der Waals surface area contributed by atoms with Gasteiger partial charge in [-0.05, 0) is 14.1 Å². The largest absolute Gasteiger partial charge is 0.311 e. The highest BCUT2D eigenvalue weighted by molar-refractivity contribution is 7.11. The van der Waals surface area contributed by atoms with E-state index in [0.717, 1.165) is 25.9 Å². The van der Waals surface area contributed by atoms with Gasteiger partial charge in [0.2, 0.25) is 0 Å². The molecule has 1 saturated heterocycles. The molecule has 0 saturated carbocycles. The minimum absolute atomic E-state index is 0.629. The number of nitrogens with zero attached hydrogens (tertiary/aromatic N) is 3. The summed E-state index contributed by atoms with van der Waals surface area (Å²) in [5.74, 6) is 0. The van der Waals surface area contributed by atoms with Gasteiger partial charge in [-0.2, -0.15) is 0 Å². The molecule has 3 heterocycles. The minimum atomic E-state index is 0.629. The van der Waals surface area contributed by atoms with Crippen molar-refractivity contribution in [2.24, 2.45) is 0 Å². The zero-order chi connectivity index (χ0) is 12.5. The van der Waals surface area contributed by atoms with Crippen LogP contribution in [0.15, 0.2) is 0 Å². The fraction of sp³-hybridized carbons (Fsp3) is 0.769. The molecule has 0 amide bonds. The number of hydrogen-bond donors (Lipinski definition) is 1. The minimum Gasteiger partial charge on any atom is -0.311 e.